The fraction of sp³-hybridized carbons (Fsp3) is 0.692. The number of rotatable bonds is 12. The van der Waals surface area contributed by atoms with Gasteiger partial charge in [0.1, 0.15) is 12.1 Å². The van der Waals surface area contributed by atoms with Crippen molar-refractivity contribution in [1.82, 2.24) is 16.0 Å². The molecule has 0 aromatic rings. The zero-order chi connectivity index (χ0) is 19.4. The second kappa shape index (κ2) is 13.1. The summed E-state index contributed by atoms with van der Waals surface area (Å²) >= 11 is 9.33. The number of nitrogens with two attached hydrogens (primary N) is 1. The predicted molar refractivity (Wildman–Crippen MR) is 103 cm³/mol. The quantitative estimate of drug-likeness (QED) is 0.185. The Balaban J connectivity index is 4.46. The molecule has 0 fully saturated rings. The first-order valence-electron chi connectivity index (χ1n) is 7.33. The molecule has 0 aromatic heterocycles. The molecule has 0 radical (unpaired) electrons. The number of carbonyl (C=O) groups is 4. The summed E-state index contributed by atoms with van der Waals surface area (Å²) in [6.07, 6.45) is 2.10. The smallest absolute Gasteiger partial charge is 0.326 e. The third kappa shape index (κ3) is 9.82. The zero-order valence-electron chi connectivity index (χ0n) is 13.7. The Kier molecular flexibility index (Phi) is 12.6. The molecule has 3 amide bonds. The lowest BCUT2D eigenvalue weighted by molar-refractivity contribution is -0.141. The van der Waals surface area contributed by atoms with E-state index in [4.69, 9.17) is 10.8 Å². The highest BCUT2D eigenvalue weighted by Crippen LogP contribution is 2.01. The second-order valence-electron chi connectivity index (χ2n) is 4.99. The Labute approximate surface area is 161 Å². The summed E-state index contributed by atoms with van der Waals surface area (Å²) in [5, 5.41) is 16.1. The number of carboxylic acids is 1. The minimum atomic E-state index is -1.14. The van der Waals surface area contributed by atoms with E-state index in [1.54, 1.807) is 0 Å². The zero-order valence-corrected chi connectivity index (χ0v) is 16.3. The van der Waals surface area contributed by atoms with Crippen LogP contribution in [0, 0.1) is 0 Å². The summed E-state index contributed by atoms with van der Waals surface area (Å²) in [4.78, 5) is 46.5. The predicted octanol–water partition coefficient (Wildman–Crippen LogP) is -1.90. The maximum Gasteiger partial charge on any atom is 0.326 e. The first-order chi connectivity index (χ1) is 11.8. The number of thioether (sulfide) groups is 1. The molecule has 0 saturated heterocycles. The van der Waals surface area contributed by atoms with Crippen LogP contribution in [0.1, 0.15) is 6.42 Å². The van der Waals surface area contributed by atoms with Gasteiger partial charge in [0.15, 0.2) is 0 Å². The van der Waals surface area contributed by atoms with Crippen LogP contribution in [0.4, 0.5) is 0 Å². The summed E-state index contributed by atoms with van der Waals surface area (Å²) < 4.78 is 0. The molecule has 3 unspecified atom stereocenters. The Hall–Kier alpha value is -1.11. The van der Waals surface area contributed by atoms with E-state index in [9.17, 15) is 19.2 Å². The molecule has 0 saturated carbocycles. The van der Waals surface area contributed by atoms with Crippen molar-refractivity contribution >= 4 is 60.7 Å². The second-order valence-corrected chi connectivity index (χ2v) is 6.71. The molecule has 0 bridgehead atoms. The maximum absolute atomic E-state index is 12.0. The largest absolute Gasteiger partial charge is 0.480 e. The van der Waals surface area contributed by atoms with Crippen molar-refractivity contribution in [3.8, 4) is 0 Å². The molecule has 12 heteroatoms. The minimum Gasteiger partial charge on any atom is -0.480 e. The molecule has 0 spiro atoms. The van der Waals surface area contributed by atoms with E-state index in [0.717, 1.165) is 0 Å². The van der Waals surface area contributed by atoms with Crippen LogP contribution < -0.4 is 21.7 Å². The van der Waals surface area contributed by atoms with E-state index >= 15 is 0 Å². The molecule has 0 aliphatic carbocycles. The van der Waals surface area contributed by atoms with Crippen molar-refractivity contribution in [2.75, 3.05) is 30.1 Å². The van der Waals surface area contributed by atoms with Gasteiger partial charge in [-0.25, -0.2) is 4.79 Å². The number of carbonyl (C=O) groups excluding carboxylic acids is 3. The van der Waals surface area contributed by atoms with Gasteiger partial charge in [0.05, 0.1) is 12.6 Å². The summed E-state index contributed by atoms with van der Waals surface area (Å²) in [7, 11) is 0. The fourth-order valence-electron chi connectivity index (χ4n) is 1.58. The van der Waals surface area contributed by atoms with Gasteiger partial charge in [-0.2, -0.15) is 37.0 Å². The average Bonchev–Trinajstić information content (AvgIpc) is 2.59. The molecule has 144 valence electrons. The highest BCUT2D eigenvalue weighted by molar-refractivity contribution is 7.98. The van der Waals surface area contributed by atoms with Crippen molar-refractivity contribution in [2.24, 2.45) is 5.73 Å². The molecular weight excluding hydrogens is 388 g/mol. The van der Waals surface area contributed by atoms with Crippen molar-refractivity contribution in [2.45, 2.75) is 24.5 Å². The average molecular weight is 413 g/mol. The molecule has 25 heavy (non-hydrogen) atoms. The number of amides is 3. The van der Waals surface area contributed by atoms with E-state index in [2.05, 4.69) is 41.2 Å². The lowest BCUT2D eigenvalue weighted by Gasteiger charge is -2.19. The lowest BCUT2D eigenvalue weighted by atomic mass is 10.2. The fourth-order valence-corrected chi connectivity index (χ4v) is 2.48. The van der Waals surface area contributed by atoms with Crippen LogP contribution in [0.5, 0.6) is 0 Å². The first kappa shape index (κ1) is 23.9. The van der Waals surface area contributed by atoms with Gasteiger partial charge in [-0.3, -0.25) is 14.4 Å². The van der Waals surface area contributed by atoms with Crippen molar-refractivity contribution in [1.29, 1.82) is 0 Å². The number of thiol groups is 2. The molecule has 0 aliphatic rings. The summed E-state index contributed by atoms with van der Waals surface area (Å²) in [5.74, 6) is -2.28. The number of carboxylic acid groups (broad SMARTS) is 1. The van der Waals surface area contributed by atoms with Gasteiger partial charge in [-0.15, -0.1) is 0 Å². The van der Waals surface area contributed by atoms with Crippen molar-refractivity contribution in [3.63, 3.8) is 0 Å². The SMILES string of the molecule is CSCCC(NC(=O)CNC(=O)C(CS)NC(=O)C(N)CS)C(=O)O. The Morgan fingerprint density at radius 1 is 1.08 bits per heavy atom. The van der Waals surface area contributed by atoms with Crippen molar-refractivity contribution in [3.05, 3.63) is 0 Å². The number of nitrogens with one attached hydrogen (secondary N) is 3. The highest BCUT2D eigenvalue weighted by atomic mass is 32.2. The number of hydrogen-bond donors (Lipinski definition) is 7. The van der Waals surface area contributed by atoms with E-state index in [1.807, 2.05) is 6.26 Å². The molecule has 0 aliphatic heterocycles. The third-order valence-corrected chi connectivity index (χ3v) is 4.42. The number of aliphatic carboxylic acids is 1. The normalized spacial score (nSPS) is 14.1. The Bertz CT molecular complexity index is 481. The molecule has 0 heterocycles. The van der Waals surface area contributed by atoms with Crippen LogP contribution in [0.3, 0.4) is 0 Å². The van der Waals surface area contributed by atoms with Gasteiger partial charge in [-0.1, -0.05) is 0 Å². The van der Waals surface area contributed by atoms with Gasteiger partial charge in [0, 0.05) is 11.5 Å². The minimum absolute atomic E-state index is 0.00393. The molecular formula is C13H24N4O5S3. The van der Waals surface area contributed by atoms with Crippen LogP contribution >= 0.6 is 37.0 Å². The van der Waals surface area contributed by atoms with Crippen LogP contribution in [-0.4, -0.2) is 77.0 Å². The monoisotopic (exact) mass is 412 g/mol. The van der Waals surface area contributed by atoms with E-state index in [-0.39, 0.29) is 17.9 Å². The van der Waals surface area contributed by atoms with E-state index in [0.29, 0.717) is 5.75 Å². The molecule has 0 rings (SSSR count). The van der Waals surface area contributed by atoms with Crippen molar-refractivity contribution < 1.29 is 24.3 Å². The Morgan fingerprint density at radius 3 is 2.20 bits per heavy atom. The van der Waals surface area contributed by atoms with E-state index < -0.39 is 48.4 Å². The lowest BCUT2D eigenvalue weighted by Crippen LogP contribution is -2.54. The Morgan fingerprint density at radius 2 is 1.72 bits per heavy atom. The summed E-state index contributed by atoms with van der Waals surface area (Å²) in [6.45, 7) is -0.416. The first-order valence-corrected chi connectivity index (χ1v) is 9.99. The van der Waals surface area contributed by atoms with Gasteiger partial charge in [-0.05, 0) is 18.4 Å². The van der Waals surface area contributed by atoms with Crippen LogP contribution in [0.2, 0.25) is 0 Å². The molecule has 3 atom stereocenters. The highest BCUT2D eigenvalue weighted by Gasteiger charge is 2.23. The van der Waals surface area contributed by atoms with Crippen LogP contribution in [0.25, 0.3) is 0 Å². The van der Waals surface area contributed by atoms with Gasteiger partial charge in [0.2, 0.25) is 17.7 Å². The van der Waals surface area contributed by atoms with Crippen LogP contribution in [-0.2, 0) is 19.2 Å². The molecule has 9 nitrogen and oxygen atoms in total. The number of hydrogen-bond acceptors (Lipinski definition) is 8. The van der Waals surface area contributed by atoms with Gasteiger partial charge < -0.3 is 26.8 Å². The van der Waals surface area contributed by atoms with Gasteiger partial charge in [0.25, 0.3) is 0 Å². The standard InChI is InChI=1S/C13H24N4O5S3/c1-25-3-2-8(13(21)22)16-10(18)4-15-12(20)9(6-24)17-11(19)7(14)5-23/h7-9,23-24H,2-6,14H2,1H3,(H,15,20)(H,16,18)(H,17,19)(H,21,22). The van der Waals surface area contributed by atoms with E-state index in [1.165, 1.54) is 11.8 Å². The maximum atomic E-state index is 12.0. The van der Waals surface area contributed by atoms with Crippen LogP contribution in [0.15, 0.2) is 0 Å². The summed E-state index contributed by atoms with van der Waals surface area (Å²) in [5.41, 5.74) is 5.50. The summed E-state index contributed by atoms with van der Waals surface area (Å²) in [6, 6.07) is -2.86. The molecule has 6 N–H and O–H groups in total. The molecule has 0 aromatic carbocycles. The topological polar surface area (TPSA) is 151 Å². The van der Waals surface area contributed by atoms with Gasteiger partial charge >= 0.3 is 5.97 Å². The third-order valence-electron chi connectivity index (χ3n) is 3.02.